The Kier molecular flexibility index (Phi) is 4.09. The minimum Gasteiger partial charge on any atom is -0.378 e. The van der Waals surface area contributed by atoms with Crippen molar-refractivity contribution in [1.29, 1.82) is 0 Å². The molecule has 1 aliphatic heterocycles. The third-order valence-corrected chi connectivity index (χ3v) is 6.12. The second kappa shape index (κ2) is 5.72. The summed E-state index contributed by atoms with van der Waals surface area (Å²) in [6, 6.07) is 2.28. The lowest BCUT2D eigenvalue weighted by atomic mass is 10.3. The molecule has 7 heteroatoms. The molecule has 0 amide bonds. The molecule has 1 saturated carbocycles. The molecule has 0 spiro atoms. The molecule has 1 saturated heterocycles. The largest absolute Gasteiger partial charge is 0.378 e. The average Bonchev–Trinajstić information content (AvgIpc) is 3.19. The van der Waals surface area contributed by atoms with Gasteiger partial charge in [0.25, 0.3) is 0 Å². The molecule has 0 radical (unpaired) electrons. The van der Waals surface area contributed by atoms with E-state index in [1.165, 1.54) is 12.8 Å². The third-order valence-electron chi connectivity index (χ3n) is 4.15. The van der Waals surface area contributed by atoms with Gasteiger partial charge in [0, 0.05) is 44.1 Å². The molecule has 118 valence electrons. The smallest absolute Gasteiger partial charge is 0.244 e. The lowest BCUT2D eigenvalue weighted by molar-refractivity contribution is 0.0393. The molecule has 0 bridgehead atoms. The van der Waals surface area contributed by atoms with Gasteiger partial charge in [-0.05, 0) is 25.8 Å². The van der Waals surface area contributed by atoms with Gasteiger partial charge < -0.3 is 14.6 Å². The second-order valence-corrected chi connectivity index (χ2v) is 7.86. The van der Waals surface area contributed by atoms with E-state index in [4.69, 9.17) is 4.74 Å². The van der Waals surface area contributed by atoms with E-state index < -0.39 is 10.0 Å². The van der Waals surface area contributed by atoms with Crippen molar-refractivity contribution in [3.05, 3.63) is 18.0 Å². The average molecular weight is 313 g/mol. The van der Waals surface area contributed by atoms with Crippen molar-refractivity contribution in [3.63, 3.8) is 0 Å². The molecule has 0 aromatic carbocycles. The van der Waals surface area contributed by atoms with E-state index in [1.807, 2.05) is 18.5 Å². The molecular formula is C14H23N3O3S. The standard InChI is InChI=1S/C14H23N3O3S/c1-11-10-20-6-5-17(11)21(18,19)14-7-13(16(2)9-14)8-15-12-3-4-12/h7,9,11-12,15H,3-6,8,10H2,1-2H3. The quantitative estimate of drug-likeness (QED) is 0.868. The first-order valence-electron chi connectivity index (χ1n) is 7.46. The molecule has 2 aliphatic rings. The number of nitrogens with zero attached hydrogens (tertiary/aromatic N) is 2. The summed E-state index contributed by atoms with van der Waals surface area (Å²) in [5, 5.41) is 3.42. The van der Waals surface area contributed by atoms with E-state index in [1.54, 1.807) is 16.6 Å². The van der Waals surface area contributed by atoms with Crippen molar-refractivity contribution in [2.45, 2.75) is 43.3 Å². The molecule has 1 aromatic heterocycles. The van der Waals surface area contributed by atoms with Crippen LogP contribution in [0.15, 0.2) is 17.2 Å². The van der Waals surface area contributed by atoms with Crippen LogP contribution in [0.4, 0.5) is 0 Å². The predicted molar refractivity (Wildman–Crippen MR) is 79.4 cm³/mol. The van der Waals surface area contributed by atoms with Crippen molar-refractivity contribution in [2.24, 2.45) is 7.05 Å². The normalized spacial score (nSPS) is 24.4. The zero-order valence-corrected chi connectivity index (χ0v) is 13.4. The summed E-state index contributed by atoms with van der Waals surface area (Å²) >= 11 is 0. The summed E-state index contributed by atoms with van der Waals surface area (Å²) in [4.78, 5) is 0.381. The highest BCUT2D eigenvalue weighted by molar-refractivity contribution is 7.89. The molecule has 1 N–H and O–H groups in total. The van der Waals surface area contributed by atoms with E-state index in [2.05, 4.69) is 5.32 Å². The molecule has 1 unspecified atom stereocenters. The third kappa shape index (κ3) is 3.15. The van der Waals surface area contributed by atoms with Crippen LogP contribution in [-0.2, 0) is 28.4 Å². The van der Waals surface area contributed by atoms with E-state index >= 15 is 0 Å². The van der Waals surface area contributed by atoms with Gasteiger partial charge in [0.1, 0.15) is 4.90 Å². The number of morpholine rings is 1. The molecule has 6 nitrogen and oxygen atoms in total. The van der Waals surface area contributed by atoms with Crippen molar-refractivity contribution in [3.8, 4) is 0 Å². The van der Waals surface area contributed by atoms with Crippen LogP contribution >= 0.6 is 0 Å². The topological polar surface area (TPSA) is 63.6 Å². The zero-order valence-electron chi connectivity index (χ0n) is 12.6. The lowest BCUT2D eigenvalue weighted by Gasteiger charge is -2.31. The van der Waals surface area contributed by atoms with Crippen LogP contribution in [0.1, 0.15) is 25.5 Å². The van der Waals surface area contributed by atoms with E-state index in [-0.39, 0.29) is 6.04 Å². The van der Waals surface area contributed by atoms with Gasteiger partial charge in [-0.1, -0.05) is 0 Å². The lowest BCUT2D eigenvalue weighted by Crippen LogP contribution is -2.46. The monoisotopic (exact) mass is 313 g/mol. The Morgan fingerprint density at radius 3 is 2.86 bits per heavy atom. The predicted octanol–water partition coefficient (Wildman–Crippen LogP) is 0.687. The number of nitrogens with one attached hydrogen (secondary N) is 1. The van der Waals surface area contributed by atoms with Gasteiger partial charge in [0.15, 0.2) is 0 Å². The maximum absolute atomic E-state index is 12.8. The fraction of sp³-hybridized carbons (Fsp3) is 0.714. The van der Waals surface area contributed by atoms with Gasteiger partial charge in [-0.3, -0.25) is 0 Å². The van der Waals surface area contributed by atoms with Gasteiger partial charge in [0.2, 0.25) is 10.0 Å². The van der Waals surface area contributed by atoms with Gasteiger partial charge in [0.05, 0.1) is 13.2 Å². The van der Waals surface area contributed by atoms with Crippen LogP contribution in [0.3, 0.4) is 0 Å². The Hall–Kier alpha value is -0.890. The Labute approximate surface area is 126 Å². The molecule has 2 fully saturated rings. The summed E-state index contributed by atoms with van der Waals surface area (Å²) in [7, 11) is -1.54. The van der Waals surface area contributed by atoms with Crippen molar-refractivity contribution in [1.82, 2.24) is 14.2 Å². The van der Waals surface area contributed by atoms with E-state index in [0.29, 0.717) is 30.7 Å². The van der Waals surface area contributed by atoms with Crippen LogP contribution in [-0.4, -0.2) is 49.1 Å². The molecule has 1 atom stereocenters. The summed E-state index contributed by atoms with van der Waals surface area (Å²) in [5.74, 6) is 0. The van der Waals surface area contributed by atoms with Gasteiger partial charge in [-0.25, -0.2) is 8.42 Å². The Morgan fingerprint density at radius 2 is 2.19 bits per heavy atom. The molecule has 2 heterocycles. The second-order valence-electron chi connectivity index (χ2n) is 5.97. The van der Waals surface area contributed by atoms with Crippen molar-refractivity contribution in [2.75, 3.05) is 19.8 Å². The first kappa shape index (κ1) is 15.0. The summed E-state index contributed by atoms with van der Waals surface area (Å²) in [6.45, 7) is 3.95. The zero-order chi connectivity index (χ0) is 15.0. The highest BCUT2D eigenvalue weighted by Gasteiger charge is 2.32. The van der Waals surface area contributed by atoms with E-state index in [9.17, 15) is 8.42 Å². The number of hydrogen-bond acceptors (Lipinski definition) is 4. The molecular weight excluding hydrogens is 290 g/mol. The summed E-state index contributed by atoms with van der Waals surface area (Å²) < 4.78 is 34.3. The van der Waals surface area contributed by atoms with Crippen LogP contribution in [0.5, 0.6) is 0 Å². The number of sulfonamides is 1. The maximum atomic E-state index is 12.8. The first-order chi connectivity index (χ1) is 9.98. The highest BCUT2D eigenvalue weighted by atomic mass is 32.2. The number of aryl methyl sites for hydroxylation is 1. The molecule has 1 aromatic rings. The fourth-order valence-electron chi connectivity index (χ4n) is 2.63. The van der Waals surface area contributed by atoms with Crippen LogP contribution in [0, 0.1) is 0 Å². The first-order valence-corrected chi connectivity index (χ1v) is 8.90. The van der Waals surface area contributed by atoms with Crippen molar-refractivity contribution < 1.29 is 13.2 Å². The Balaban J connectivity index is 1.79. The number of rotatable bonds is 5. The maximum Gasteiger partial charge on any atom is 0.244 e. The van der Waals surface area contributed by atoms with E-state index in [0.717, 1.165) is 12.2 Å². The van der Waals surface area contributed by atoms with Gasteiger partial charge in [-0.15, -0.1) is 0 Å². The Bertz CT molecular complexity index is 607. The van der Waals surface area contributed by atoms with Crippen LogP contribution < -0.4 is 5.32 Å². The number of aromatic nitrogens is 1. The molecule has 3 rings (SSSR count). The minimum absolute atomic E-state index is 0.114. The van der Waals surface area contributed by atoms with Crippen molar-refractivity contribution >= 4 is 10.0 Å². The molecule has 1 aliphatic carbocycles. The Morgan fingerprint density at radius 1 is 1.43 bits per heavy atom. The molecule has 21 heavy (non-hydrogen) atoms. The van der Waals surface area contributed by atoms with Crippen LogP contribution in [0.2, 0.25) is 0 Å². The van der Waals surface area contributed by atoms with Gasteiger partial charge >= 0.3 is 0 Å². The minimum atomic E-state index is -3.43. The number of ether oxygens (including phenoxy) is 1. The highest BCUT2D eigenvalue weighted by Crippen LogP contribution is 2.23. The van der Waals surface area contributed by atoms with Gasteiger partial charge in [-0.2, -0.15) is 4.31 Å². The number of hydrogen-bond donors (Lipinski definition) is 1. The van der Waals surface area contributed by atoms with Crippen LogP contribution in [0.25, 0.3) is 0 Å². The SMILES string of the molecule is CC1COCCN1S(=O)(=O)c1cc(CNC2CC2)n(C)c1. The fourth-order valence-corrected chi connectivity index (χ4v) is 4.33. The summed E-state index contributed by atoms with van der Waals surface area (Å²) in [6.07, 6.45) is 4.16. The summed E-state index contributed by atoms with van der Waals surface area (Å²) in [5.41, 5.74) is 1.00.